The van der Waals surface area contributed by atoms with Crippen LogP contribution < -0.4 is 9.47 Å². The number of nitrogens with zero attached hydrogens (tertiary/aromatic N) is 2. The van der Waals surface area contributed by atoms with Gasteiger partial charge in [0.2, 0.25) is 0 Å². The quantitative estimate of drug-likeness (QED) is 0.112. The molecular formula is C30H34N2O3. The topological polar surface area (TPSA) is 61.3 Å². The van der Waals surface area contributed by atoms with E-state index in [0.717, 1.165) is 54.7 Å². The Morgan fingerprint density at radius 1 is 0.800 bits per heavy atom. The molecule has 1 aromatic heterocycles. The summed E-state index contributed by atoms with van der Waals surface area (Å²) in [6.45, 7) is 5.05. The van der Waals surface area contributed by atoms with E-state index in [1.807, 2.05) is 42.5 Å². The van der Waals surface area contributed by atoms with Gasteiger partial charge in [-0.2, -0.15) is 0 Å². The summed E-state index contributed by atoms with van der Waals surface area (Å²) in [5.74, 6) is 1.72. The van der Waals surface area contributed by atoms with Crippen LogP contribution in [0, 0.1) is 0 Å². The molecule has 5 nitrogen and oxygen atoms in total. The van der Waals surface area contributed by atoms with E-state index < -0.39 is 0 Å². The molecule has 0 radical (unpaired) electrons. The first-order valence-electron chi connectivity index (χ1n) is 12.5. The summed E-state index contributed by atoms with van der Waals surface area (Å²) >= 11 is 0. The average molecular weight is 471 g/mol. The van der Waals surface area contributed by atoms with Crippen molar-refractivity contribution in [1.82, 2.24) is 9.97 Å². The van der Waals surface area contributed by atoms with Crippen molar-refractivity contribution in [1.29, 1.82) is 0 Å². The van der Waals surface area contributed by atoms with Crippen LogP contribution in [0.4, 0.5) is 0 Å². The van der Waals surface area contributed by atoms with Crippen LogP contribution in [0.25, 0.3) is 22.5 Å². The summed E-state index contributed by atoms with van der Waals surface area (Å²) in [6, 6.07) is 15.2. The zero-order valence-electron chi connectivity index (χ0n) is 20.7. The molecule has 0 aliphatic carbocycles. The van der Waals surface area contributed by atoms with Crippen molar-refractivity contribution < 1.29 is 14.3 Å². The van der Waals surface area contributed by atoms with Crippen LogP contribution in [0.5, 0.6) is 11.5 Å². The number of ether oxygens (including phenoxy) is 2. The van der Waals surface area contributed by atoms with E-state index in [1.54, 1.807) is 30.6 Å². The molecule has 0 saturated carbocycles. The lowest BCUT2D eigenvalue weighted by Crippen LogP contribution is -2.05. The number of esters is 1. The second-order valence-electron chi connectivity index (χ2n) is 8.30. The van der Waals surface area contributed by atoms with Crippen molar-refractivity contribution in [3.8, 4) is 34.0 Å². The Morgan fingerprint density at radius 2 is 1.46 bits per heavy atom. The molecule has 3 aromatic rings. The van der Waals surface area contributed by atoms with Gasteiger partial charge in [-0.1, -0.05) is 45.2 Å². The van der Waals surface area contributed by atoms with Crippen molar-refractivity contribution in [2.75, 3.05) is 6.61 Å². The lowest BCUT2D eigenvalue weighted by molar-refractivity contribution is -0.133. The largest absolute Gasteiger partial charge is 0.494 e. The minimum atomic E-state index is -0.304. The fourth-order valence-corrected chi connectivity index (χ4v) is 3.35. The van der Waals surface area contributed by atoms with E-state index in [4.69, 9.17) is 9.47 Å². The summed E-state index contributed by atoms with van der Waals surface area (Å²) < 4.78 is 11.1. The molecular weight excluding hydrogens is 436 g/mol. The Labute approximate surface area is 208 Å². The first-order valence-corrected chi connectivity index (χ1v) is 12.5. The Balaban J connectivity index is 1.52. The Kier molecular flexibility index (Phi) is 10.8. The number of hydrogen-bond acceptors (Lipinski definition) is 5. The van der Waals surface area contributed by atoms with E-state index in [1.165, 1.54) is 12.8 Å². The first kappa shape index (κ1) is 25.9. The van der Waals surface area contributed by atoms with Gasteiger partial charge in [-0.05, 0) is 73.4 Å². The van der Waals surface area contributed by atoms with Gasteiger partial charge in [0.15, 0.2) is 5.82 Å². The van der Waals surface area contributed by atoms with Crippen LogP contribution in [0.3, 0.4) is 0 Å². The molecule has 5 heteroatoms. The predicted molar refractivity (Wildman–Crippen MR) is 140 cm³/mol. The average Bonchev–Trinajstić information content (AvgIpc) is 2.89. The van der Waals surface area contributed by atoms with Crippen LogP contribution in [-0.2, 0) is 4.79 Å². The van der Waals surface area contributed by atoms with Crippen molar-refractivity contribution in [3.05, 3.63) is 78.8 Å². The third-order valence-corrected chi connectivity index (χ3v) is 5.41. The monoisotopic (exact) mass is 470 g/mol. The molecule has 0 unspecified atom stereocenters. The molecule has 0 amide bonds. The minimum Gasteiger partial charge on any atom is -0.494 e. The lowest BCUT2D eigenvalue weighted by Gasteiger charge is -2.07. The maximum Gasteiger partial charge on any atom is 0.315 e. The third-order valence-electron chi connectivity index (χ3n) is 5.41. The van der Waals surface area contributed by atoms with Gasteiger partial charge >= 0.3 is 5.97 Å². The Hall–Kier alpha value is -3.69. The van der Waals surface area contributed by atoms with E-state index in [0.29, 0.717) is 11.6 Å². The molecule has 0 N–H and O–H groups in total. The molecule has 0 aliphatic heterocycles. The molecule has 1 heterocycles. The van der Waals surface area contributed by atoms with Gasteiger partial charge in [0, 0.05) is 23.5 Å². The first-order chi connectivity index (χ1) is 17.2. The van der Waals surface area contributed by atoms with Crippen LogP contribution in [0.1, 0.15) is 58.8 Å². The molecule has 182 valence electrons. The van der Waals surface area contributed by atoms with Gasteiger partial charge in [0.1, 0.15) is 11.5 Å². The molecule has 35 heavy (non-hydrogen) atoms. The van der Waals surface area contributed by atoms with Gasteiger partial charge in [-0.25, -0.2) is 9.97 Å². The highest BCUT2D eigenvalue weighted by Crippen LogP contribution is 2.24. The second kappa shape index (κ2) is 14.5. The van der Waals surface area contributed by atoms with Gasteiger partial charge in [0.05, 0.1) is 13.0 Å². The molecule has 0 spiro atoms. The van der Waals surface area contributed by atoms with E-state index >= 15 is 0 Å². The summed E-state index contributed by atoms with van der Waals surface area (Å²) in [6.07, 6.45) is 14.2. The van der Waals surface area contributed by atoms with Crippen LogP contribution in [-0.4, -0.2) is 22.5 Å². The van der Waals surface area contributed by atoms with E-state index in [2.05, 4.69) is 29.5 Å². The lowest BCUT2D eigenvalue weighted by atomic mass is 10.1. The smallest absolute Gasteiger partial charge is 0.315 e. The molecule has 0 aliphatic rings. The van der Waals surface area contributed by atoms with Gasteiger partial charge < -0.3 is 9.47 Å². The van der Waals surface area contributed by atoms with Crippen molar-refractivity contribution in [2.45, 2.75) is 58.8 Å². The summed E-state index contributed by atoms with van der Waals surface area (Å²) in [5, 5.41) is 0. The van der Waals surface area contributed by atoms with Crippen molar-refractivity contribution in [2.24, 2.45) is 0 Å². The highest BCUT2D eigenvalue weighted by molar-refractivity contribution is 5.74. The Bertz CT molecular complexity index is 1100. The molecule has 0 saturated heterocycles. The zero-order chi connectivity index (χ0) is 24.7. The number of unbranched alkanes of at least 4 members (excludes halogenated alkanes) is 4. The van der Waals surface area contributed by atoms with Crippen LogP contribution in [0.2, 0.25) is 0 Å². The van der Waals surface area contributed by atoms with Crippen LogP contribution in [0.15, 0.2) is 78.8 Å². The highest BCUT2D eigenvalue weighted by Gasteiger charge is 2.06. The third kappa shape index (κ3) is 8.88. The number of hydrogen-bond donors (Lipinski definition) is 0. The zero-order valence-corrected chi connectivity index (χ0v) is 20.7. The predicted octanol–water partition coefficient (Wildman–Crippen LogP) is 7.58. The highest BCUT2D eigenvalue weighted by atomic mass is 16.5. The normalized spacial score (nSPS) is 10.3. The number of carbonyl (C=O) groups is 1. The summed E-state index contributed by atoms with van der Waals surface area (Å²) in [5.41, 5.74) is 5.83. The Morgan fingerprint density at radius 3 is 2.14 bits per heavy atom. The van der Waals surface area contributed by atoms with Crippen molar-refractivity contribution >= 4 is 5.97 Å². The molecule has 2 aromatic carbocycles. The van der Waals surface area contributed by atoms with Gasteiger partial charge in [0.25, 0.3) is 0 Å². The fraction of sp³-hybridized carbons (Fsp3) is 0.333. The minimum absolute atomic E-state index is 0.202. The standard InChI is InChI=1S/C30H34N2O3/c1-3-5-7-8-9-10-11-12-29(33)35-28-19-13-24(14-20-28)26-22-31-30(32-23-26)25-15-17-27(18-16-25)34-21-6-4-2/h9,11,13-20,22-23H,3-8,12,21H2,1-2H3. The second-order valence-corrected chi connectivity index (χ2v) is 8.30. The van der Waals surface area contributed by atoms with E-state index in [-0.39, 0.29) is 12.4 Å². The van der Waals surface area contributed by atoms with Crippen molar-refractivity contribution in [3.63, 3.8) is 0 Å². The maximum atomic E-state index is 12.0. The maximum absolute atomic E-state index is 12.0. The van der Waals surface area contributed by atoms with Gasteiger partial charge in [-0.15, -0.1) is 5.73 Å². The fourth-order valence-electron chi connectivity index (χ4n) is 3.35. The number of carbonyl (C=O) groups excluding carboxylic acids is 1. The number of rotatable bonds is 13. The molecule has 3 rings (SSSR count). The summed E-state index contributed by atoms with van der Waals surface area (Å²) in [4.78, 5) is 21.1. The molecule has 0 bridgehead atoms. The number of benzene rings is 2. The van der Waals surface area contributed by atoms with Crippen LogP contribution >= 0.6 is 0 Å². The summed E-state index contributed by atoms with van der Waals surface area (Å²) in [7, 11) is 0. The molecule has 0 atom stereocenters. The number of aromatic nitrogens is 2. The SMILES string of the molecule is CCCCCC=C=CCC(=O)Oc1ccc(-c2cnc(-c3ccc(OCCCC)cc3)nc2)cc1. The van der Waals surface area contributed by atoms with Gasteiger partial charge in [-0.3, -0.25) is 4.79 Å². The molecule has 0 fully saturated rings. The van der Waals surface area contributed by atoms with E-state index in [9.17, 15) is 4.79 Å².